The molecule has 0 aliphatic heterocycles. The molecule has 3 heteroatoms. The van der Waals surface area contributed by atoms with Crippen molar-refractivity contribution < 1.29 is 0 Å². The minimum atomic E-state index is 1.13. The summed E-state index contributed by atoms with van der Waals surface area (Å²) in [5, 5.41) is 7.37. The van der Waals surface area contributed by atoms with E-state index >= 15 is 0 Å². The van der Waals surface area contributed by atoms with E-state index in [0.717, 1.165) is 26.2 Å². The molecule has 3 nitrogen and oxygen atoms in total. The van der Waals surface area contributed by atoms with Crippen molar-refractivity contribution in [2.45, 2.75) is 70.6 Å². The standard InChI is InChI=1S/C36H53N3/c1-4-18-34(19-5-1)24-10-13-27-37-29-16-32-39(31-15-12-26-36-22-8-3-9-23-36)33-17-30-38-28-14-11-25-35-20-6-2-7-21-35/h1-9,18-23,37-38H,10-17,24-33H2. The highest BCUT2D eigenvalue weighted by Gasteiger charge is 2.05. The summed E-state index contributed by atoms with van der Waals surface area (Å²) in [5.41, 5.74) is 4.39. The van der Waals surface area contributed by atoms with Crippen LogP contribution in [0.4, 0.5) is 0 Å². The van der Waals surface area contributed by atoms with Crippen LogP contribution in [0.3, 0.4) is 0 Å². The fraction of sp³-hybridized carbons (Fsp3) is 0.500. The smallest absolute Gasteiger partial charge is 0.000663 e. The molecule has 0 heterocycles. The van der Waals surface area contributed by atoms with E-state index in [2.05, 4.69) is 107 Å². The second-order valence-electron chi connectivity index (χ2n) is 10.9. The van der Waals surface area contributed by atoms with E-state index in [0.29, 0.717) is 0 Å². The topological polar surface area (TPSA) is 27.3 Å². The summed E-state index contributed by atoms with van der Waals surface area (Å²) >= 11 is 0. The average molecular weight is 528 g/mol. The Labute approximate surface area is 239 Å². The summed E-state index contributed by atoms with van der Waals surface area (Å²) in [7, 11) is 0. The Bertz CT molecular complexity index is 874. The van der Waals surface area contributed by atoms with Crippen LogP contribution in [0.15, 0.2) is 91.0 Å². The van der Waals surface area contributed by atoms with Gasteiger partial charge in [0.1, 0.15) is 0 Å². The Morgan fingerprint density at radius 1 is 0.359 bits per heavy atom. The van der Waals surface area contributed by atoms with Crippen molar-refractivity contribution in [1.82, 2.24) is 15.5 Å². The Balaban J connectivity index is 1.23. The first-order valence-corrected chi connectivity index (χ1v) is 15.7. The quantitative estimate of drug-likeness (QED) is 0.127. The summed E-state index contributed by atoms with van der Waals surface area (Å²) < 4.78 is 0. The minimum Gasteiger partial charge on any atom is -0.317 e. The van der Waals surface area contributed by atoms with Crippen molar-refractivity contribution in [3.8, 4) is 0 Å². The minimum absolute atomic E-state index is 1.13. The van der Waals surface area contributed by atoms with Gasteiger partial charge in [-0.25, -0.2) is 0 Å². The maximum absolute atomic E-state index is 3.68. The highest BCUT2D eigenvalue weighted by Crippen LogP contribution is 2.07. The number of hydrogen-bond donors (Lipinski definition) is 2. The predicted octanol–water partition coefficient (Wildman–Crippen LogP) is 7.32. The third-order valence-corrected chi connectivity index (χ3v) is 7.51. The van der Waals surface area contributed by atoms with Crippen LogP contribution in [0.2, 0.25) is 0 Å². The zero-order valence-corrected chi connectivity index (χ0v) is 24.3. The Kier molecular flexibility index (Phi) is 17.0. The number of nitrogens with one attached hydrogen (secondary N) is 2. The van der Waals surface area contributed by atoms with Crippen LogP contribution in [0, 0.1) is 0 Å². The van der Waals surface area contributed by atoms with Gasteiger partial charge in [-0.2, -0.15) is 0 Å². The Morgan fingerprint density at radius 3 is 1.10 bits per heavy atom. The van der Waals surface area contributed by atoms with Gasteiger partial charge in [-0.3, -0.25) is 0 Å². The summed E-state index contributed by atoms with van der Waals surface area (Å²) in [4.78, 5) is 2.71. The lowest BCUT2D eigenvalue weighted by atomic mass is 10.1. The lowest BCUT2D eigenvalue weighted by Crippen LogP contribution is -2.31. The van der Waals surface area contributed by atoms with Gasteiger partial charge in [-0.05, 0) is 133 Å². The van der Waals surface area contributed by atoms with E-state index in [4.69, 9.17) is 0 Å². The zero-order chi connectivity index (χ0) is 27.1. The van der Waals surface area contributed by atoms with Crippen LogP contribution in [-0.4, -0.2) is 50.7 Å². The molecule has 0 aromatic heterocycles. The molecule has 2 N–H and O–H groups in total. The van der Waals surface area contributed by atoms with Gasteiger partial charge >= 0.3 is 0 Å². The average Bonchev–Trinajstić information content (AvgIpc) is 2.99. The summed E-state index contributed by atoms with van der Waals surface area (Å²) in [6.07, 6.45) is 13.7. The normalized spacial score (nSPS) is 11.3. The predicted molar refractivity (Wildman–Crippen MR) is 170 cm³/mol. The molecule has 0 amide bonds. The molecular formula is C36H53N3. The van der Waals surface area contributed by atoms with Crippen LogP contribution in [0.1, 0.15) is 68.1 Å². The first-order chi connectivity index (χ1) is 19.4. The Hall–Kier alpha value is -2.46. The fourth-order valence-corrected chi connectivity index (χ4v) is 5.20. The van der Waals surface area contributed by atoms with Gasteiger partial charge in [0.2, 0.25) is 0 Å². The van der Waals surface area contributed by atoms with E-state index in [1.165, 1.54) is 107 Å². The van der Waals surface area contributed by atoms with Crippen LogP contribution in [0.25, 0.3) is 0 Å². The number of rotatable bonds is 23. The van der Waals surface area contributed by atoms with Gasteiger partial charge in [-0.1, -0.05) is 91.0 Å². The number of nitrogens with zero attached hydrogens (tertiary/aromatic N) is 1. The van der Waals surface area contributed by atoms with Crippen LogP contribution in [0.5, 0.6) is 0 Å². The lowest BCUT2D eigenvalue weighted by Gasteiger charge is -2.22. The van der Waals surface area contributed by atoms with Crippen molar-refractivity contribution in [2.24, 2.45) is 0 Å². The molecule has 0 saturated carbocycles. The molecule has 3 rings (SSSR count). The van der Waals surface area contributed by atoms with Gasteiger partial charge in [0.15, 0.2) is 0 Å². The second-order valence-corrected chi connectivity index (χ2v) is 10.9. The molecule has 0 aliphatic rings. The van der Waals surface area contributed by atoms with Gasteiger partial charge in [0, 0.05) is 0 Å². The molecule has 0 unspecified atom stereocenters. The van der Waals surface area contributed by atoms with Crippen LogP contribution in [-0.2, 0) is 19.3 Å². The number of hydrogen-bond acceptors (Lipinski definition) is 3. The molecule has 212 valence electrons. The maximum atomic E-state index is 3.68. The molecule has 0 bridgehead atoms. The van der Waals surface area contributed by atoms with E-state index in [1.807, 2.05) is 0 Å². The summed E-state index contributed by atoms with van der Waals surface area (Å²) in [6, 6.07) is 32.7. The lowest BCUT2D eigenvalue weighted by molar-refractivity contribution is 0.259. The molecule has 0 atom stereocenters. The van der Waals surface area contributed by atoms with E-state index in [1.54, 1.807) is 0 Å². The number of aryl methyl sites for hydroxylation is 3. The third-order valence-electron chi connectivity index (χ3n) is 7.51. The molecule has 0 fully saturated rings. The molecule has 3 aromatic rings. The van der Waals surface area contributed by atoms with Crippen molar-refractivity contribution in [3.05, 3.63) is 108 Å². The number of benzene rings is 3. The largest absolute Gasteiger partial charge is 0.317 e. The van der Waals surface area contributed by atoms with Crippen molar-refractivity contribution in [2.75, 3.05) is 45.8 Å². The Morgan fingerprint density at radius 2 is 0.692 bits per heavy atom. The first-order valence-electron chi connectivity index (χ1n) is 15.7. The fourth-order valence-electron chi connectivity index (χ4n) is 5.20. The van der Waals surface area contributed by atoms with E-state index in [-0.39, 0.29) is 0 Å². The zero-order valence-electron chi connectivity index (χ0n) is 24.3. The summed E-state index contributed by atoms with van der Waals surface area (Å²) in [5.74, 6) is 0. The van der Waals surface area contributed by atoms with E-state index in [9.17, 15) is 0 Å². The van der Waals surface area contributed by atoms with Crippen LogP contribution >= 0.6 is 0 Å². The van der Waals surface area contributed by atoms with E-state index < -0.39 is 0 Å². The molecule has 0 radical (unpaired) electrons. The third kappa shape index (κ3) is 15.7. The van der Waals surface area contributed by atoms with Crippen molar-refractivity contribution >= 4 is 0 Å². The second kappa shape index (κ2) is 21.4. The molecule has 3 aromatic carbocycles. The van der Waals surface area contributed by atoms with Crippen molar-refractivity contribution in [3.63, 3.8) is 0 Å². The molecular weight excluding hydrogens is 474 g/mol. The number of unbranched alkanes of at least 4 members (excludes halogenated alkanes) is 3. The molecule has 0 saturated heterocycles. The van der Waals surface area contributed by atoms with Gasteiger partial charge < -0.3 is 15.5 Å². The summed E-state index contributed by atoms with van der Waals surface area (Å²) in [6.45, 7) is 8.17. The van der Waals surface area contributed by atoms with Crippen LogP contribution < -0.4 is 10.6 Å². The maximum Gasteiger partial charge on any atom is -0.000663 e. The molecule has 0 aliphatic carbocycles. The molecule has 0 spiro atoms. The van der Waals surface area contributed by atoms with Gasteiger partial charge in [0.05, 0.1) is 0 Å². The highest BCUT2D eigenvalue weighted by molar-refractivity contribution is 5.16. The monoisotopic (exact) mass is 527 g/mol. The van der Waals surface area contributed by atoms with Crippen molar-refractivity contribution in [1.29, 1.82) is 0 Å². The van der Waals surface area contributed by atoms with Gasteiger partial charge in [0.25, 0.3) is 0 Å². The van der Waals surface area contributed by atoms with Gasteiger partial charge in [-0.15, -0.1) is 0 Å². The molecule has 39 heavy (non-hydrogen) atoms. The first kappa shape index (κ1) is 31.1. The SMILES string of the molecule is c1ccc(CCCCNCCCN(CCCCc2ccccc2)CCCNCCCCc2ccccc2)cc1. The highest BCUT2D eigenvalue weighted by atomic mass is 15.1.